The molecule has 0 heterocycles. The molecule has 0 amide bonds. The van der Waals surface area contributed by atoms with Crippen molar-refractivity contribution in [2.45, 2.75) is 4.90 Å². The highest BCUT2D eigenvalue weighted by molar-refractivity contribution is 7.91. The van der Waals surface area contributed by atoms with Crippen LogP contribution in [0.1, 0.15) is 0 Å². The monoisotopic (exact) mass is 283 g/mol. The van der Waals surface area contributed by atoms with Gasteiger partial charge in [-0.05, 0) is 6.07 Å². The first-order chi connectivity index (χ1) is 7.40. The second kappa shape index (κ2) is 4.99. The fourth-order valence-electron chi connectivity index (χ4n) is 1.15. The topological polar surface area (TPSA) is 77.3 Å². The van der Waals surface area contributed by atoms with Crippen molar-refractivity contribution in [3.05, 3.63) is 33.3 Å². The number of rotatable bonds is 4. The van der Waals surface area contributed by atoms with Crippen molar-refractivity contribution in [1.82, 2.24) is 0 Å². The molecule has 0 unspecified atom stereocenters. The Hall–Kier alpha value is -0.850. The molecular weight excluding hydrogens is 277 g/mol. The zero-order chi connectivity index (χ0) is 12.3. The average Bonchev–Trinajstić information content (AvgIpc) is 2.16. The molecule has 1 rings (SSSR count). The summed E-state index contributed by atoms with van der Waals surface area (Å²) in [7, 11) is -3.82. The summed E-state index contributed by atoms with van der Waals surface area (Å²) in [5.74, 6) is -0.538. The standard InChI is InChI=1S/C8H7Cl2NO4S/c9-4-5-16(14,15)8-6(10)2-1-3-7(8)11(12)13/h1-3H,4-5H2. The van der Waals surface area contributed by atoms with Gasteiger partial charge in [0.25, 0.3) is 5.69 Å². The summed E-state index contributed by atoms with van der Waals surface area (Å²) in [6.07, 6.45) is 0. The minimum Gasteiger partial charge on any atom is -0.258 e. The molecule has 0 aliphatic heterocycles. The van der Waals surface area contributed by atoms with Gasteiger partial charge in [-0.2, -0.15) is 0 Å². The molecule has 0 radical (unpaired) electrons. The van der Waals surface area contributed by atoms with Crippen molar-refractivity contribution in [3.8, 4) is 0 Å². The van der Waals surface area contributed by atoms with Crippen LogP contribution >= 0.6 is 23.2 Å². The summed E-state index contributed by atoms with van der Waals surface area (Å²) >= 11 is 11.0. The number of halogens is 2. The molecule has 1 aromatic carbocycles. The van der Waals surface area contributed by atoms with Crippen LogP contribution < -0.4 is 0 Å². The Morgan fingerprint density at radius 3 is 2.50 bits per heavy atom. The van der Waals surface area contributed by atoms with Crippen LogP contribution in [0.25, 0.3) is 0 Å². The average molecular weight is 284 g/mol. The lowest BCUT2D eigenvalue weighted by atomic mass is 10.3. The van der Waals surface area contributed by atoms with Gasteiger partial charge in [-0.1, -0.05) is 17.7 Å². The largest absolute Gasteiger partial charge is 0.289 e. The van der Waals surface area contributed by atoms with E-state index >= 15 is 0 Å². The summed E-state index contributed by atoms with van der Waals surface area (Å²) in [5, 5.41) is 10.5. The summed E-state index contributed by atoms with van der Waals surface area (Å²) in [6.45, 7) is 0. The number of nitro benzene ring substituents is 1. The predicted molar refractivity (Wildman–Crippen MR) is 60.9 cm³/mol. The number of alkyl halides is 1. The van der Waals surface area contributed by atoms with Crippen LogP contribution in [-0.2, 0) is 9.84 Å². The third-order valence-electron chi connectivity index (χ3n) is 1.80. The summed E-state index contributed by atoms with van der Waals surface area (Å²) in [5.41, 5.74) is -0.530. The van der Waals surface area contributed by atoms with Gasteiger partial charge in [-0.15, -0.1) is 11.6 Å². The Morgan fingerprint density at radius 1 is 1.38 bits per heavy atom. The zero-order valence-corrected chi connectivity index (χ0v) is 10.2. The first-order valence-corrected chi connectivity index (χ1v) is 6.68. The van der Waals surface area contributed by atoms with Crippen molar-refractivity contribution in [1.29, 1.82) is 0 Å². The molecule has 0 N–H and O–H groups in total. The van der Waals surface area contributed by atoms with E-state index in [1.807, 2.05) is 0 Å². The second-order valence-electron chi connectivity index (χ2n) is 2.85. The molecule has 0 bridgehead atoms. The first kappa shape index (κ1) is 13.2. The maximum absolute atomic E-state index is 11.7. The number of nitrogens with zero attached hydrogens (tertiary/aromatic N) is 1. The van der Waals surface area contributed by atoms with E-state index in [-0.39, 0.29) is 16.7 Å². The van der Waals surface area contributed by atoms with Crippen LogP contribution in [0.4, 0.5) is 5.69 Å². The molecule has 0 aliphatic carbocycles. The molecule has 0 aromatic heterocycles. The minimum absolute atomic E-state index is 0.148. The lowest BCUT2D eigenvalue weighted by molar-refractivity contribution is -0.387. The molecule has 0 saturated heterocycles. The molecule has 16 heavy (non-hydrogen) atoms. The quantitative estimate of drug-likeness (QED) is 0.482. The van der Waals surface area contributed by atoms with E-state index in [2.05, 4.69) is 0 Å². The van der Waals surface area contributed by atoms with Crippen molar-refractivity contribution < 1.29 is 13.3 Å². The van der Waals surface area contributed by atoms with Gasteiger partial charge in [-0.3, -0.25) is 10.1 Å². The van der Waals surface area contributed by atoms with Gasteiger partial charge < -0.3 is 0 Å². The molecule has 1 aromatic rings. The van der Waals surface area contributed by atoms with Crippen molar-refractivity contribution in [2.24, 2.45) is 0 Å². The van der Waals surface area contributed by atoms with Crippen LogP contribution in [0.3, 0.4) is 0 Å². The Kier molecular flexibility index (Phi) is 4.12. The van der Waals surface area contributed by atoms with Crippen LogP contribution in [0.2, 0.25) is 5.02 Å². The van der Waals surface area contributed by atoms with Crippen molar-refractivity contribution in [3.63, 3.8) is 0 Å². The zero-order valence-electron chi connectivity index (χ0n) is 7.89. The van der Waals surface area contributed by atoms with Crippen molar-refractivity contribution in [2.75, 3.05) is 11.6 Å². The van der Waals surface area contributed by atoms with Gasteiger partial charge in [0.15, 0.2) is 14.7 Å². The normalized spacial score (nSPS) is 11.4. The highest BCUT2D eigenvalue weighted by atomic mass is 35.5. The van der Waals surface area contributed by atoms with E-state index in [0.717, 1.165) is 6.07 Å². The SMILES string of the molecule is O=[N+]([O-])c1cccc(Cl)c1S(=O)(=O)CCCl. The molecule has 0 saturated carbocycles. The number of hydrogen-bond acceptors (Lipinski definition) is 4. The number of sulfone groups is 1. The van der Waals surface area contributed by atoms with E-state index in [4.69, 9.17) is 23.2 Å². The highest BCUT2D eigenvalue weighted by Gasteiger charge is 2.28. The summed E-state index contributed by atoms with van der Waals surface area (Å²) < 4.78 is 23.4. The Labute approximate surface area is 102 Å². The van der Waals surface area contributed by atoms with E-state index < -0.39 is 25.3 Å². The molecule has 0 spiro atoms. The maximum atomic E-state index is 11.7. The predicted octanol–water partition coefficient (Wildman–Crippen LogP) is 2.26. The van der Waals surface area contributed by atoms with Crippen LogP contribution in [0, 0.1) is 10.1 Å². The summed E-state index contributed by atoms with van der Waals surface area (Å²) in [4.78, 5) is 9.42. The molecule has 5 nitrogen and oxygen atoms in total. The number of benzene rings is 1. The third kappa shape index (κ3) is 2.63. The van der Waals surface area contributed by atoms with Crippen molar-refractivity contribution >= 4 is 38.7 Å². The molecule has 88 valence electrons. The lowest BCUT2D eigenvalue weighted by Crippen LogP contribution is -2.11. The van der Waals surface area contributed by atoms with Crippen LogP contribution in [0.15, 0.2) is 23.1 Å². The highest BCUT2D eigenvalue weighted by Crippen LogP contribution is 2.31. The summed E-state index contributed by atoms with van der Waals surface area (Å²) in [6, 6.07) is 3.70. The van der Waals surface area contributed by atoms with E-state index in [1.54, 1.807) is 0 Å². The van der Waals surface area contributed by atoms with E-state index in [9.17, 15) is 18.5 Å². The Bertz CT molecular complexity index is 515. The van der Waals surface area contributed by atoms with E-state index in [0.29, 0.717) is 0 Å². The van der Waals surface area contributed by atoms with E-state index in [1.165, 1.54) is 12.1 Å². The Morgan fingerprint density at radius 2 is 2.00 bits per heavy atom. The molecule has 8 heteroatoms. The molecule has 0 fully saturated rings. The smallest absolute Gasteiger partial charge is 0.258 e. The molecule has 0 atom stereocenters. The number of hydrogen-bond donors (Lipinski definition) is 0. The fraction of sp³-hybridized carbons (Fsp3) is 0.250. The van der Waals surface area contributed by atoms with Gasteiger partial charge in [0.05, 0.1) is 15.7 Å². The Balaban J connectivity index is 3.48. The number of nitro groups is 1. The van der Waals surface area contributed by atoms with Crippen LogP contribution in [0.5, 0.6) is 0 Å². The first-order valence-electron chi connectivity index (χ1n) is 4.12. The van der Waals surface area contributed by atoms with Gasteiger partial charge in [0.1, 0.15) is 0 Å². The van der Waals surface area contributed by atoms with Crippen LogP contribution in [-0.4, -0.2) is 25.0 Å². The fourth-order valence-corrected chi connectivity index (χ4v) is 3.52. The van der Waals surface area contributed by atoms with Gasteiger partial charge in [0.2, 0.25) is 0 Å². The van der Waals surface area contributed by atoms with Gasteiger partial charge in [-0.25, -0.2) is 8.42 Å². The van der Waals surface area contributed by atoms with Gasteiger partial charge in [0, 0.05) is 11.9 Å². The third-order valence-corrected chi connectivity index (χ3v) is 4.43. The lowest BCUT2D eigenvalue weighted by Gasteiger charge is -2.05. The second-order valence-corrected chi connectivity index (χ2v) is 5.68. The minimum atomic E-state index is -3.82. The molecule has 0 aliphatic rings. The maximum Gasteiger partial charge on any atom is 0.289 e. The molecular formula is C8H7Cl2NO4S. The van der Waals surface area contributed by atoms with Gasteiger partial charge >= 0.3 is 0 Å².